The average molecular weight is 309 g/mol. The van der Waals surface area contributed by atoms with Gasteiger partial charge in [-0.2, -0.15) is 0 Å². The third-order valence-electron chi connectivity index (χ3n) is 4.79. The van der Waals surface area contributed by atoms with Crippen molar-refractivity contribution in [1.82, 2.24) is 4.57 Å². The standard InChI is InChI=1S/C21H27NO/c1-6-8-16(3)17-9-10-19-18(15-17)11-13-22(20(19)23)14-12-21(4,5)7-2/h6,8-11,13,15H,1,7,12,14H2,2-5H3/b16-8+. The summed E-state index contributed by atoms with van der Waals surface area (Å²) in [7, 11) is 0. The van der Waals surface area contributed by atoms with Crippen molar-refractivity contribution in [2.24, 2.45) is 5.41 Å². The maximum Gasteiger partial charge on any atom is 0.258 e. The van der Waals surface area contributed by atoms with Crippen LogP contribution in [-0.2, 0) is 6.54 Å². The van der Waals surface area contributed by atoms with Crippen LogP contribution in [0, 0.1) is 5.41 Å². The van der Waals surface area contributed by atoms with E-state index in [-0.39, 0.29) is 11.0 Å². The smallest absolute Gasteiger partial charge is 0.258 e. The zero-order chi connectivity index (χ0) is 17.0. The fourth-order valence-electron chi connectivity index (χ4n) is 2.58. The highest BCUT2D eigenvalue weighted by atomic mass is 16.1. The fourth-order valence-corrected chi connectivity index (χ4v) is 2.58. The van der Waals surface area contributed by atoms with Gasteiger partial charge in [0.2, 0.25) is 0 Å². The van der Waals surface area contributed by atoms with Crippen LogP contribution in [-0.4, -0.2) is 4.57 Å². The Morgan fingerprint density at radius 1 is 1.30 bits per heavy atom. The Hall–Kier alpha value is -2.09. The minimum Gasteiger partial charge on any atom is -0.315 e. The third-order valence-corrected chi connectivity index (χ3v) is 4.79. The van der Waals surface area contributed by atoms with Crippen LogP contribution in [0.2, 0.25) is 0 Å². The average Bonchev–Trinajstić information content (AvgIpc) is 2.54. The van der Waals surface area contributed by atoms with Crippen LogP contribution in [0.4, 0.5) is 0 Å². The van der Waals surface area contributed by atoms with Gasteiger partial charge >= 0.3 is 0 Å². The van der Waals surface area contributed by atoms with Gasteiger partial charge in [-0.05, 0) is 53.5 Å². The summed E-state index contributed by atoms with van der Waals surface area (Å²) in [6.45, 7) is 13.3. The Morgan fingerprint density at radius 3 is 2.70 bits per heavy atom. The van der Waals surface area contributed by atoms with E-state index in [1.807, 2.05) is 35.0 Å². The number of nitrogens with zero attached hydrogens (tertiary/aromatic N) is 1. The molecule has 0 aliphatic rings. The third kappa shape index (κ3) is 4.01. The largest absolute Gasteiger partial charge is 0.315 e. The van der Waals surface area contributed by atoms with E-state index in [0.717, 1.165) is 41.3 Å². The number of rotatable bonds is 6. The molecule has 0 radical (unpaired) electrons. The fraction of sp³-hybridized carbons (Fsp3) is 0.381. The van der Waals surface area contributed by atoms with Crippen LogP contribution < -0.4 is 5.56 Å². The molecular weight excluding hydrogens is 282 g/mol. The van der Waals surface area contributed by atoms with E-state index in [4.69, 9.17) is 0 Å². The molecule has 0 fully saturated rings. The summed E-state index contributed by atoms with van der Waals surface area (Å²) in [5.41, 5.74) is 2.65. The molecule has 0 bridgehead atoms. The molecule has 0 aliphatic carbocycles. The maximum atomic E-state index is 12.7. The molecule has 0 saturated carbocycles. The van der Waals surface area contributed by atoms with E-state index in [1.54, 1.807) is 6.08 Å². The number of aryl methyl sites for hydroxylation is 1. The predicted octanol–water partition coefficient (Wildman–Crippen LogP) is 5.42. The van der Waals surface area contributed by atoms with Gasteiger partial charge in [-0.25, -0.2) is 0 Å². The number of hydrogen-bond acceptors (Lipinski definition) is 1. The van der Waals surface area contributed by atoms with Crippen molar-refractivity contribution in [1.29, 1.82) is 0 Å². The zero-order valence-electron chi connectivity index (χ0n) is 14.7. The van der Waals surface area contributed by atoms with Gasteiger partial charge in [0.05, 0.1) is 0 Å². The Bertz CT molecular complexity index is 793. The van der Waals surface area contributed by atoms with E-state index >= 15 is 0 Å². The molecule has 0 spiro atoms. The first-order valence-electron chi connectivity index (χ1n) is 8.31. The quantitative estimate of drug-likeness (QED) is 0.653. The van der Waals surface area contributed by atoms with Crippen molar-refractivity contribution in [3.05, 3.63) is 65.1 Å². The molecule has 1 heterocycles. The van der Waals surface area contributed by atoms with Gasteiger partial charge in [-0.3, -0.25) is 4.79 Å². The highest BCUT2D eigenvalue weighted by Crippen LogP contribution is 2.25. The van der Waals surface area contributed by atoms with E-state index in [1.165, 1.54) is 0 Å². The Morgan fingerprint density at radius 2 is 2.04 bits per heavy atom. The summed E-state index contributed by atoms with van der Waals surface area (Å²) < 4.78 is 1.84. The monoisotopic (exact) mass is 309 g/mol. The SMILES string of the molecule is C=C/C=C(\C)c1ccc2c(=O)n(CCC(C)(C)CC)ccc2c1. The van der Waals surface area contributed by atoms with Gasteiger partial charge in [-0.1, -0.05) is 52.0 Å². The summed E-state index contributed by atoms with van der Waals surface area (Å²) in [5.74, 6) is 0. The van der Waals surface area contributed by atoms with Gasteiger partial charge < -0.3 is 4.57 Å². The normalized spacial score (nSPS) is 12.6. The number of benzene rings is 1. The molecular formula is C21H27NO. The summed E-state index contributed by atoms with van der Waals surface area (Å²) in [6.07, 6.45) is 7.82. The van der Waals surface area contributed by atoms with Crippen LogP contribution >= 0.6 is 0 Å². The number of hydrogen-bond donors (Lipinski definition) is 0. The van der Waals surface area contributed by atoms with Crippen molar-refractivity contribution in [3.63, 3.8) is 0 Å². The molecule has 1 aromatic heterocycles. The van der Waals surface area contributed by atoms with Crippen LogP contribution in [0.1, 0.15) is 46.1 Å². The highest BCUT2D eigenvalue weighted by Gasteiger charge is 2.15. The molecule has 0 saturated heterocycles. The van der Waals surface area contributed by atoms with Crippen LogP contribution in [0.5, 0.6) is 0 Å². The molecule has 0 N–H and O–H groups in total. The molecule has 2 aromatic rings. The van der Waals surface area contributed by atoms with Crippen molar-refractivity contribution >= 4 is 16.3 Å². The van der Waals surface area contributed by atoms with Crippen molar-refractivity contribution in [3.8, 4) is 0 Å². The molecule has 2 heteroatoms. The molecule has 0 amide bonds. The van der Waals surface area contributed by atoms with E-state index in [9.17, 15) is 4.79 Å². The lowest BCUT2D eigenvalue weighted by Crippen LogP contribution is -2.23. The first-order chi connectivity index (χ1) is 10.9. The number of pyridine rings is 1. The molecule has 122 valence electrons. The minimum absolute atomic E-state index is 0.103. The molecule has 0 atom stereocenters. The first-order valence-corrected chi connectivity index (χ1v) is 8.31. The maximum absolute atomic E-state index is 12.7. The number of allylic oxidation sites excluding steroid dienone is 3. The summed E-state index contributed by atoms with van der Waals surface area (Å²) in [5, 5.41) is 1.78. The van der Waals surface area contributed by atoms with Gasteiger partial charge in [-0.15, -0.1) is 0 Å². The van der Waals surface area contributed by atoms with Gasteiger partial charge in [0, 0.05) is 18.1 Å². The van der Waals surface area contributed by atoms with Gasteiger partial charge in [0.1, 0.15) is 0 Å². The second-order valence-electron chi connectivity index (χ2n) is 6.97. The molecule has 0 unspecified atom stereocenters. The van der Waals surface area contributed by atoms with Crippen molar-refractivity contribution in [2.45, 2.75) is 47.1 Å². The van der Waals surface area contributed by atoms with Crippen molar-refractivity contribution < 1.29 is 0 Å². The molecule has 0 aliphatic heterocycles. The number of aromatic nitrogens is 1. The Labute approximate surface area is 139 Å². The van der Waals surface area contributed by atoms with Crippen molar-refractivity contribution in [2.75, 3.05) is 0 Å². The highest BCUT2D eigenvalue weighted by molar-refractivity contribution is 5.85. The lowest BCUT2D eigenvalue weighted by molar-refractivity contribution is 0.300. The topological polar surface area (TPSA) is 22.0 Å². The summed E-state index contributed by atoms with van der Waals surface area (Å²) in [4.78, 5) is 12.7. The minimum atomic E-state index is 0.103. The number of fused-ring (bicyclic) bond motifs is 1. The van der Waals surface area contributed by atoms with Gasteiger partial charge in [0.25, 0.3) is 5.56 Å². The lowest BCUT2D eigenvalue weighted by Gasteiger charge is -2.22. The van der Waals surface area contributed by atoms with Gasteiger partial charge in [0.15, 0.2) is 0 Å². The van der Waals surface area contributed by atoms with E-state index < -0.39 is 0 Å². The van der Waals surface area contributed by atoms with E-state index in [2.05, 4.69) is 40.3 Å². The Kier molecular flexibility index (Phi) is 5.25. The zero-order valence-corrected chi connectivity index (χ0v) is 14.7. The van der Waals surface area contributed by atoms with Crippen LogP contribution in [0.25, 0.3) is 16.3 Å². The Balaban J connectivity index is 2.37. The second kappa shape index (κ2) is 6.99. The van der Waals surface area contributed by atoms with E-state index in [0.29, 0.717) is 0 Å². The van der Waals surface area contributed by atoms with Crippen LogP contribution in [0.3, 0.4) is 0 Å². The molecule has 2 rings (SSSR count). The molecule has 1 aromatic carbocycles. The molecule has 23 heavy (non-hydrogen) atoms. The molecule has 2 nitrogen and oxygen atoms in total. The summed E-state index contributed by atoms with van der Waals surface area (Å²) in [6, 6.07) is 8.07. The predicted molar refractivity (Wildman–Crippen MR) is 101 cm³/mol. The van der Waals surface area contributed by atoms with Crippen LogP contribution in [0.15, 0.2) is 54.0 Å². The lowest BCUT2D eigenvalue weighted by atomic mass is 9.86. The first kappa shape index (κ1) is 17.3. The second-order valence-corrected chi connectivity index (χ2v) is 6.97. The summed E-state index contributed by atoms with van der Waals surface area (Å²) >= 11 is 0.